The summed E-state index contributed by atoms with van der Waals surface area (Å²) in [4.78, 5) is 7.41. The minimum Gasteiger partial charge on any atom is -0.380 e. The summed E-state index contributed by atoms with van der Waals surface area (Å²) in [5.41, 5.74) is 5.19. The van der Waals surface area contributed by atoms with E-state index >= 15 is 0 Å². The van der Waals surface area contributed by atoms with Gasteiger partial charge in [0.05, 0.1) is 17.0 Å². The molecule has 2 aromatic carbocycles. The van der Waals surface area contributed by atoms with Crippen LogP contribution in [0.2, 0.25) is 0 Å². The number of nitrogens with zero attached hydrogens (tertiary/aromatic N) is 3. The molecular weight excluding hydrogens is 386 g/mol. The van der Waals surface area contributed by atoms with Crippen molar-refractivity contribution in [1.29, 1.82) is 0 Å². The summed E-state index contributed by atoms with van der Waals surface area (Å²) in [5, 5.41) is 13.3. The number of hydrogen-bond acceptors (Lipinski definition) is 5. The van der Waals surface area contributed by atoms with Gasteiger partial charge in [0.25, 0.3) is 0 Å². The highest BCUT2D eigenvalue weighted by Gasteiger charge is 2.16. The molecule has 4 aromatic rings. The fourth-order valence-corrected chi connectivity index (χ4v) is 3.70. The van der Waals surface area contributed by atoms with Crippen molar-refractivity contribution in [3.05, 3.63) is 60.4 Å². The first kappa shape index (κ1) is 19.2. The highest BCUT2D eigenvalue weighted by molar-refractivity contribution is 7.78. The Morgan fingerprint density at radius 2 is 1.86 bits per heavy atom. The van der Waals surface area contributed by atoms with Gasteiger partial charge in [0.2, 0.25) is 0 Å². The normalized spacial score (nSPS) is 12.4. The van der Waals surface area contributed by atoms with Crippen molar-refractivity contribution >= 4 is 27.7 Å². The molecule has 0 aliphatic carbocycles. The average Bonchev–Trinajstić information content (AvgIpc) is 3.22. The maximum absolute atomic E-state index is 11.0. The second-order valence-corrected chi connectivity index (χ2v) is 7.99. The van der Waals surface area contributed by atoms with Crippen molar-refractivity contribution in [2.24, 2.45) is 0 Å². The molecule has 0 saturated heterocycles. The Morgan fingerprint density at radius 1 is 1.10 bits per heavy atom. The molecule has 0 aliphatic rings. The number of hydrogen-bond donors (Lipinski definition) is 3. The predicted octanol–water partition coefficient (Wildman–Crippen LogP) is 4.23. The monoisotopic (exact) mass is 407 g/mol. The first-order chi connectivity index (χ1) is 14.0. The van der Waals surface area contributed by atoms with Crippen LogP contribution in [0.15, 0.2) is 54.9 Å². The topological polar surface area (TPSA) is 104 Å². The highest BCUT2D eigenvalue weighted by Crippen LogP contribution is 2.33. The molecule has 0 spiro atoms. The second kappa shape index (κ2) is 8.10. The molecule has 0 bridgehead atoms. The average molecular weight is 407 g/mol. The number of nitrogens with one attached hydrogen (secondary N) is 2. The SMILES string of the molecule is CC(C)Nc1c(-c2ncc[nH]2)nnc2cc(-c3ccc(CS(=O)O)cc3)ccc12. The van der Waals surface area contributed by atoms with E-state index in [1.54, 1.807) is 12.4 Å². The Morgan fingerprint density at radius 3 is 2.52 bits per heavy atom. The van der Waals surface area contributed by atoms with Crippen molar-refractivity contribution in [1.82, 2.24) is 20.2 Å². The van der Waals surface area contributed by atoms with E-state index in [0.29, 0.717) is 11.5 Å². The van der Waals surface area contributed by atoms with Crippen LogP contribution in [0.25, 0.3) is 33.5 Å². The van der Waals surface area contributed by atoms with Gasteiger partial charge in [0, 0.05) is 23.8 Å². The van der Waals surface area contributed by atoms with Crippen molar-refractivity contribution in [3.8, 4) is 22.6 Å². The Hall–Kier alpha value is -3.10. The maximum Gasteiger partial charge on any atom is 0.160 e. The summed E-state index contributed by atoms with van der Waals surface area (Å²) in [6.07, 6.45) is 3.46. The molecule has 0 fully saturated rings. The van der Waals surface area contributed by atoms with E-state index in [2.05, 4.69) is 39.3 Å². The van der Waals surface area contributed by atoms with E-state index < -0.39 is 11.1 Å². The fraction of sp³-hybridized carbons (Fsp3) is 0.190. The standard InChI is InChI=1S/C21H21N5O2S/c1-13(2)24-19-17-8-7-16(15-5-3-14(4-6-15)12-29(27)28)11-18(17)25-26-20(19)21-22-9-10-23-21/h3-11,13H,12H2,1-2H3,(H,22,23)(H,24,25)(H,27,28). The number of imidazole rings is 1. The van der Waals surface area contributed by atoms with Gasteiger partial charge in [-0.3, -0.25) is 0 Å². The molecule has 0 amide bonds. The minimum absolute atomic E-state index is 0.128. The molecule has 2 aromatic heterocycles. The van der Waals surface area contributed by atoms with Gasteiger partial charge >= 0.3 is 0 Å². The molecule has 1 unspecified atom stereocenters. The van der Waals surface area contributed by atoms with E-state index in [1.807, 2.05) is 42.5 Å². The van der Waals surface area contributed by atoms with Gasteiger partial charge in [-0.15, -0.1) is 10.2 Å². The largest absolute Gasteiger partial charge is 0.380 e. The minimum atomic E-state index is -1.84. The maximum atomic E-state index is 11.0. The smallest absolute Gasteiger partial charge is 0.160 e. The molecule has 8 heteroatoms. The summed E-state index contributed by atoms with van der Waals surface area (Å²) in [6.45, 7) is 4.15. The lowest BCUT2D eigenvalue weighted by atomic mass is 10.0. The van der Waals surface area contributed by atoms with E-state index in [9.17, 15) is 4.21 Å². The van der Waals surface area contributed by atoms with Crippen molar-refractivity contribution in [2.75, 3.05) is 5.32 Å². The molecule has 29 heavy (non-hydrogen) atoms. The zero-order valence-electron chi connectivity index (χ0n) is 16.1. The van der Waals surface area contributed by atoms with Gasteiger partial charge in [-0.2, -0.15) is 0 Å². The molecule has 0 saturated carbocycles. The first-order valence-electron chi connectivity index (χ1n) is 9.25. The van der Waals surface area contributed by atoms with Crippen LogP contribution in [0, 0.1) is 0 Å². The van der Waals surface area contributed by atoms with Crippen LogP contribution in [-0.4, -0.2) is 35.0 Å². The molecule has 0 radical (unpaired) electrons. The number of anilines is 1. The molecule has 4 rings (SSSR count). The summed E-state index contributed by atoms with van der Waals surface area (Å²) in [5.74, 6) is 0.798. The van der Waals surface area contributed by atoms with E-state index in [1.165, 1.54) is 0 Å². The van der Waals surface area contributed by atoms with Crippen LogP contribution >= 0.6 is 0 Å². The zero-order valence-corrected chi connectivity index (χ0v) is 16.9. The molecule has 2 heterocycles. The Bertz CT molecular complexity index is 1160. The second-order valence-electron chi connectivity index (χ2n) is 7.06. The van der Waals surface area contributed by atoms with Gasteiger partial charge < -0.3 is 14.9 Å². The Kier molecular flexibility index (Phi) is 5.37. The zero-order chi connectivity index (χ0) is 20.4. The van der Waals surface area contributed by atoms with Crippen molar-refractivity contribution in [3.63, 3.8) is 0 Å². The molecule has 7 nitrogen and oxygen atoms in total. The van der Waals surface area contributed by atoms with Crippen molar-refractivity contribution in [2.45, 2.75) is 25.6 Å². The lowest BCUT2D eigenvalue weighted by Gasteiger charge is -2.15. The van der Waals surface area contributed by atoms with Gasteiger partial charge in [-0.25, -0.2) is 9.19 Å². The summed E-state index contributed by atoms with van der Waals surface area (Å²) >= 11 is -1.84. The highest BCUT2D eigenvalue weighted by atomic mass is 32.2. The van der Waals surface area contributed by atoms with E-state index in [4.69, 9.17) is 4.55 Å². The van der Waals surface area contributed by atoms with Crippen LogP contribution in [0.4, 0.5) is 5.69 Å². The fourth-order valence-electron chi connectivity index (χ4n) is 3.22. The third-order valence-corrected chi connectivity index (χ3v) is 5.07. The third kappa shape index (κ3) is 4.18. The van der Waals surface area contributed by atoms with Crippen LogP contribution < -0.4 is 5.32 Å². The molecular formula is C21H21N5O2S. The lowest BCUT2D eigenvalue weighted by molar-refractivity contribution is 0.563. The van der Waals surface area contributed by atoms with Crippen LogP contribution in [0.5, 0.6) is 0 Å². The summed E-state index contributed by atoms with van der Waals surface area (Å²) in [7, 11) is 0. The van der Waals surface area contributed by atoms with Crippen LogP contribution in [-0.2, 0) is 16.8 Å². The van der Waals surface area contributed by atoms with Gasteiger partial charge in [0.1, 0.15) is 0 Å². The van der Waals surface area contributed by atoms with E-state index in [-0.39, 0.29) is 11.8 Å². The Balaban J connectivity index is 1.76. The molecule has 1 atom stereocenters. The van der Waals surface area contributed by atoms with Crippen molar-refractivity contribution < 1.29 is 8.76 Å². The molecule has 0 aliphatic heterocycles. The lowest BCUT2D eigenvalue weighted by Crippen LogP contribution is -2.12. The van der Waals surface area contributed by atoms with Crippen LogP contribution in [0.3, 0.4) is 0 Å². The van der Waals surface area contributed by atoms with Gasteiger partial charge in [-0.05, 0) is 42.7 Å². The third-order valence-electron chi connectivity index (χ3n) is 4.49. The number of H-pyrrole nitrogens is 1. The van der Waals surface area contributed by atoms with Gasteiger partial charge in [-0.1, -0.05) is 30.3 Å². The number of aromatic amines is 1. The first-order valence-corrected chi connectivity index (χ1v) is 10.5. The molecule has 148 valence electrons. The van der Waals surface area contributed by atoms with Crippen LogP contribution in [0.1, 0.15) is 19.4 Å². The summed E-state index contributed by atoms with van der Waals surface area (Å²) in [6, 6.07) is 13.9. The number of benzene rings is 2. The van der Waals surface area contributed by atoms with E-state index in [0.717, 1.165) is 33.3 Å². The number of rotatable bonds is 6. The quantitative estimate of drug-likeness (QED) is 0.413. The van der Waals surface area contributed by atoms with Gasteiger partial charge in [0.15, 0.2) is 22.6 Å². The predicted molar refractivity (Wildman–Crippen MR) is 116 cm³/mol. The number of aromatic nitrogens is 4. The number of fused-ring (bicyclic) bond motifs is 1. The molecule has 3 N–H and O–H groups in total. The summed E-state index contributed by atoms with van der Waals surface area (Å²) < 4.78 is 20.0. The Labute approximate surface area is 170 Å².